The molecule has 0 spiro atoms. The molecule has 1 aromatic rings. The molecule has 0 radical (unpaired) electrons. The number of rotatable bonds is 10. The Hall–Kier alpha value is -0.820. The van der Waals surface area contributed by atoms with Crippen LogP contribution in [0.4, 0.5) is 0 Å². The normalized spacial score (nSPS) is 14.3. The highest BCUT2D eigenvalue weighted by Crippen LogP contribution is 2.35. The Morgan fingerprint density at radius 3 is 2.05 bits per heavy atom. The minimum absolute atomic E-state index is 0.00892. The van der Waals surface area contributed by atoms with E-state index < -0.39 is 0 Å². The van der Waals surface area contributed by atoms with Gasteiger partial charge in [-0.25, -0.2) is 0 Å². The molecule has 0 aliphatic carbocycles. The third-order valence-corrected chi connectivity index (χ3v) is 4.21. The number of hydrogen-bond donors (Lipinski definition) is 1. The summed E-state index contributed by atoms with van der Waals surface area (Å²) in [6, 6.07) is 10.6. The first-order chi connectivity index (χ1) is 9.29. The molecule has 0 saturated carbocycles. The van der Waals surface area contributed by atoms with Crippen LogP contribution in [-0.2, 0) is 5.41 Å². The molecule has 1 rings (SSSR count). The lowest BCUT2D eigenvalue weighted by atomic mass is 9.73. The van der Waals surface area contributed by atoms with Crippen LogP contribution in [0.1, 0.15) is 70.8 Å². The molecule has 0 bridgehead atoms. The fourth-order valence-electron chi connectivity index (χ4n) is 2.86. The summed E-state index contributed by atoms with van der Waals surface area (Å²) in [6.07, 6.45) is 9.72. The van der Waals surface area contributed by atoms with Gasteiger partial charge < -0.3 is 5.11 Å². The minimum atomic E-state index is -0.00892. The predicted molar refractivity (Wildman–Crippen MR) is 83.5 cm³/mol. The highest BCUT2D eigenvalue weighted by atomic mass is 16.3. The van der Waals surface area contributed by atoms with Crippen molar-refractivity contribution >= 4 is 0 Å². The van der Waals surface area contributed by atoms with Crippen molar-refractivity contribution in [3.05, 3.63) is 35.9 Å². The fourth-order valence-corrected chi connectivity index (χ4v) is 2.86. The minimum Gasteiger partial charge on any atom is -0.395 e. The highest BCUT2D eigenvalue weighted by molar-refractivity contribution is 5.25. The number of unbranched alkanes of at least 4 members (excludes halogenated alkanes) is 4. The Labute approximate surface area is 119 Å². The average molecular weight is 262 g/mol. The van der Waals surface area contributed by atoms with E-state index in [0.717, 1.165) is 12.8 Å². The summed E-state index contributed by atoms with van der Waals surface area (Å²) in [4.78, 5) is 0. The van der Waals surface area contributed by atoms with Crippen LogP contribution in [0.3, 0.4) is 0 Å². The zero-order valence-electron chi connectivity index (χ0n) is 12.7. The van der Waals surface area contributed by atoms with Gasteiger partial charge in [-0.2, -0.15) is 0 Å². The lowest BCUT2D eigenvalue weighted by molar-refractivity contribution is 0.167. The summed E-state index contributed by atoms with van der Waals surface area (Å²) in [5, 5.41) is 10.0. The maximum Gasteiger partial charge on any atom is 0.0527 e. The standard InChI is InChI=1S/C18H30O/c1-3-5-7-11-15-18(16-19,14-6-4-2)17-12-9-8-10-13-17/h8-10,12-13,19H,3-7,11,14-16H2,1-2H3. The van der Waals surface area contributed by atoms with Gasteiger partial charge in [0.2, 0.25) is 0 Å². The molecule has 0 aromatic heterocycles. The van der Waals surface area contributed by atoms with E-state index in [9.17, 15) is 5.11 Å². The van der Waals surface area contributed by atoms with E-state index in [1.165, 1.54) is 44.1 Å². The van der Waals surface area contributed by atoms with Gasteiger partial charge in [0, 0.05) is 5.41 Å². The molecular weight excluding hydrogens is 232 g/mol. The molecule has 0 amide bonds. The van der Waals surface area contributed by atoms with Crippen LogP contribution >= 0.6 is 0 Å². The highest BCUT2D eigenvalue weighted by Gasteiger charge is 2.30. The SMILES string of the molecule is CCCCCCC(CO)(CCCC)c1ccccc1. The van der Waals surface area contributed by atoms with Gasteiger partial charge >= 0.3 is 0 Å². The maximum absolute atomic E-state index is 10.0. The van der Waals surface area contributed by atoms with E-state index in [1.807, 2.05) is 0 Å². The van der Waals surface area contributed by atoms with Crippen LogP contribution in [0.5, 0.6) is 0 Å². The molecule has 0 aliphatic rings. The van der Waals surface area contributed by atoms with Gasteiger partial charge in [0.25, 0.3) is 0 Å². The predicted octanol–water partition coefficient (Wildman–Crippen LogP) is 5.08. The summed E-state index contributed by atoms with van der Waals surface area (Å²) >= 11 is 0. The van der Waals surface area contributed by atoms with Gasteiger partial charge in [0.1, 0.15) is 0 Å². The molecule has 0 saturated heterocycles. The molecule has 1 unspecified atom stereocenters. The number of aliphatic hydroxyl groups excluding tert-OH is 1. The molecule has 0 heterocycles. The van der Waals surface area contributed by atoms with Crippen molar-refractivity contribution in [2.45, 2.75) is 70.6 Å². The van der Waals surface area contributed by atoms with Crippen molar-refractivity contribution in [1.29, 1.82) is 0 Å². The van der Waals surface area contributed by atoms with Crippen molar-refractivity contribution in [2.75, 3.05) is 6.61 Å². The maximum atomic E-state index is 10.0. The van der Waals surface area contributed by atoms with Crippen molar-refractivity contribution in [2.24, 2.45) is 0 Å². The summed E-state index contributed by atoms with van der Waals surface area (Å²) in [7, 11) is 0. The van der Waals surface area contributed by atoms with Crippen LogP contribution in [0.25, 0.3) is 0 Å². The summed E-state index contributed by atoms with van der Waals surface area (Å²) < 4.78 is 0. The van der Waals surface area contributed by atoms with Crippen molar-refractivity contribution in [3.8, 4) is 0 Å². The third kappa shape index (κ3) is 4.99. The lowest BCUT2D eigenvalue weighted by Gasteiger charge is -2.33. The molecule has 108 valence electrons. The van der Waals surface area contributed by atoms with Gasteiger partial charge in [-0.1, -0.05) is 82.7 Å². The van der Waals surface area contributed by atoms with Crippen LogP contribution in [-0.4, -0.2) is 11.7 Å². The quantitative estimate of drug-likeness (QED) is 0.583. The summed E-state index contributed by atoms with van der Waals surface area (Å²) in [6.45, 7) is 4.75. The lowest BCUT2D eigenvalue weighted by Crippen LogP contribution is -2.30. The van der Waals surface area contributed by atoms with Crippen LogP contribution in [0, 0.1) is 0 Å². The summed E-state index contributed by atoms with van der Waals surface area (Å²) in [5.74, 6) is 0. The van der Waals surface area contributed by atoms with Gasteiger partial charge in [0.15, 0.2) is 0 Å². The molecule has 0 aliphatic heterocycles. The fraction of sp³-hybridized carbons (Fsp3) is 0.667. The Kier molecular flexibility index (Phi) is 7.81. The van der Waals surface area contributed by atoms with E-state index in [4.69, 9.17) is 0 Å². The number of aliphatic hydroxyl groups is 1. The number of benzene rings is 1. The van der Waals surface area contributed by atoms with Crippen molar-refractivity contribution in [3.63, 3.8) is 0 Å². The van der Waals surface area contributed by atoms with Crippen LogP contribution in [0.2, 0.25) is 0 Å². The summed E-state index contributed by atoms with van der Waals surface area (Å²) in [5.41, 5.74) is 1.31. The largest absolute Gasteiger partial charge is 0.395 e. The Bertz CT molecular complexity index is 320. The second kappa shape index (κ2) is 9.14. The smallest absolute Gasteiger partial charge is 0.0527 e. The van der Waals surface area contributed by atoms with Gasteiger partial charge in [0.05, 0.1) is 6.61 Å². The van der Waals surface area contributed by atoms with Crippen LogP contribution < -0.4 is 0 Å². The van der Waals surface area contributed by atoms with E-state index in [0.29, 0.717) is 0 Å². The zero-order chi connectivity index (χ0) is 14.0. The number of hydrogen-bond acceptors (Lipinski definition) is 1. The molecule has 1 atom stereocenters. The Morgan fingerprint density at radius 2 is 1.47 bits per heavy atom. The Morgan fingerprint density at radius 1 is 0.842 bits per heavy atom. The third-order valence-electron chi connectivity index (χ3n) is 4.21. The van der Waals surface area contributed by atoms with Crippen LogP contribution in [0.15, 0.2) is 30.3 Å². The molecule has 1 aromatic carbocycles. The van der Waals surface area contributed by atoms with Gasteiger partial charge in [-0.3, -0.25) is 0 Å². The van der Waals surface area contributed by atoms with Crippen molar-refractivity contribution < 1.29 is 5.11 Å². The molecule has 1 N–H and O–H groups in total. The molecular formula is C18H30O. The molecule has 0 fully saturated rings. The molecule has 19 heavy (non-hydrogen) atoms. The van der Waals surface area contributed by atoms with E-state index >= 15 is 0 Å². The molecule has 1 heteroatoms. The first-order valence-electron chi connectivity index (χ1n) is 7.95. The van der Waals surface area contributed by atoms with Crippen molar-refractivity contribution in [1.82, 2.24) is 0 Å². The van der Waals surface area contributed by atoms with Gasteiger partial charge in [-0.05, 0) is 18.4 Å². The first kappa shape index (κ1) is 16.2. The first-order valence-corrected chi connectivity index (χ1v) is 7.95. The second-order valence-corrected chi connectivity index (χ2v) is 5.72. The van der Waals surface area contributed by atoms with E-state index in [1.54, 1.807) is 0 Å². The van der Waals surface area contributed by atoms with E-state index in [-0.39, 0.29) is 12.0 Å². The second-order valence-electron chi connectivity index (χ2n) is 5.72. The monoisotopic (exact) mass is 262 g/mol. The zero-order valence-corrected chi connectivity index (χ0v) is 12.7. The Balaban J connectivity index is 2.75. The van der Waals surface area contributed by atoms with E-state index in [2.05, 4.69) is 44.2 Å². The van der Waals surface area contributed by atoms with Gasteiger partial charge in [-0.15, -0.1) is 0 Å². The average Bonchev–Trinajstić information content (AvgIpc) is 2.48. The molecule has 1 nitrogen and oxygen atoms in total. The topological polar surface area (TPSA) is 20.2 Å².